The van der Waals surface area contributed by atoms with Gasteiger partial charge in [-0.05, 0) is 36.2 Å². The van der Waals surface area contributed by atoms with Crippen LogP contribution in [0.1, 0.15) is 24.9 Å². The first-order valence-electron chi connectivity index (χ1n) is 7.32. The molecule has 0 heterocycles. The van der Waals surface area contributed by atoms with Gasteiger partial charge in [0.05, 0.1) is 24.5 Å². The van der Waals surface area contributed by atoms with Crippen LogP contribution in [0.25, 0.3) is 0 Å². The molecule has 0 amide bonds. The maximum atomic E-state index is 5.22. The van der Waals surface area contributed by atoms with Crippen LogP contribution in [0.5, 0.6) is 5.75 Å². The fraction of sp³-hybridized carbons (Fsp3) is 0.333. The Morgan fingerprint density at radius 1 is 1.05 bits per heavy atom. The molecular weight excluding hydrogens is 260 g/mol. The minimum atomic E-state index is 0.289. The largest absolute Gasteiger partial charge is 0.497 e. The van der Waals surface area contributed by atoms with Gasteiger partial charge in [0, 0.05) is 14.1 Å². The van der Waals surface area contributed by atoms with E-state index in [4.69, 9.17) is 4.74 Å². The predicted molar refractivity (Wildman–Crippen MR) is 90.4 cm³/mol. The Morgan fingerprint density at radius 2 is 1.71 bits per heavy atom. The molecule has 0 saturated carbocycles. The Kier molecular flexibility index (Phi) is 5.09. The van der Waals surface area contributed by atoms with Gasteiger partial charge in [0.2, 0.25) is 0 Å². The van der Waals surface area contributed by atoms with Gasteiger partial charge in [0.25, 0.3) is 0 Å². The van der Waals surface area contributed by atoms with Crippen LogP contribution in [0.3, 0.4) is 0 Å². The van der Waals surface area contributed by atoms with Crippen LogP contribution in [-0.4, -0.2) is 21.2 Å². The molecule has 0 fully saturated rings. The summed E-state index contributed by atoms with van der Waals surface area (Å²) in [6, 6.07) is 16.9. The highest BCUT2D eigenvalue weighted by molar-refractivity contribution is 5.70. The van der Waals surface area contributed by atoms with Gasteiger partial charge >= 0.3 is 0 Å². The van der Waals surface area contributed by atoms with E-state index >= 15 is 0 Å². The average Bonchev–Trinajstić information content (AvgIpc) is 2.53. The van der Waals surface area contributed by atoms with E-state index in [2.05, 4.69) is 67.6 Å². The van der Waals surface area contributed by atoms with Crippen molar-refractivity contribution in [2.24, 2.45) is 0 Å². The summed E-state index contributed by atoms with van der Waals surface area (Å²) in [5, 5.41) is 3.65. The molecule has 2 aromatic rings. The molecule has 0 aliphatic rings. The maximum Gasteiger partial charge on any atom is 0.118 e. The molecule has 21 heavy (non-hydrogen) atoms. The fourth-order valence-electron chi connectivity index (χ4n) is 2.43. The average molecular weight is 284 g/mol. The predicted octanol–water partition coefficient (Wildman–Crippen LogP) is 4.32. The van der Waals surface area contributed by atoms with Gasteiger partial charge in [0.1, 0.15) is 5.75 Å². The highest BCUT2D eigenvalue weighted by atomic mass is 16.5. The molecule has 3 heteroatoms. The third-order valence-corrected chi connectivity index (χ3v) is 3.64. The number of hydrogen-bond donors (Lipinski definition) is 1. The van der Waals surface area contributed by atoms with E-state index in [9.17, 15) is 0 Å². The number of nitrogens with zero attached hydrogens (tertiary/aromatic N) is 1. The van der Waals surface area contributed by atoms with E-state index in [1.165, 1.54) is 11.3 Å². The van der Waals surface area contributed by atoms with E-state index in [0.29, 0.717) is 0 Å². The van der Waals surface area contributed by atoms with Crippen molar-refractivity contribution in [3.8, 4) is 5.75 Å². The van der Waals surface area contributed by atoms with Crippen molar-refractivity contribution in [2.75, 3.05) is 31.4 Å². The summed E-state index contributed by atoms with van der Waals surface area (Å²) in [5.74, 6) is 0.891. The standard InChI is InChI=1S/C18H24N2O/c1-5-16(14-10-12-15(21-4)13-11-14)19-17-8-6-7-9-18(17)20(2)3/h6-13,16,19H,5H2,1-4H3. The number of rotatable bonds is 6. The van der Waals surface area contributed by atoms with Crippen LogP contribution < -0.4 is 15.0 Å². The van der Waals surface area contributed by atoms with Gasteiger partial charge in [-0.3, -0.25) is 0 Å². The molecule has 1 unspecified atom stereocenters. The Balaban J connectivity index is 2.22. The Morgan fingerprint density at radius 3 is 2.29 bits per heavy atom. The number of benzene rings is 2. The van der Waals surface area contributed by atoms with Crippen LogP contribution in [0.4, 0.5) is 11.4 Å². The number of ether oxygens (including phenoxy) is 1. The minimum absolute atomic E-state index is 0.289. The van der Waals surface area contributed by atoms with Gasteiger partial charge in [-0.2, -0.15) is 0 Å². The molecule has 0 aliphatic carbocycles. The van der Waals surface area contributed by atoms with Gasteiger partial charge < -0.3 is 15.0 Å². The van der Waals surface area contributed by atoms with E-state index < -0.39 is 0 Å². The zero-order valence-corrected chi connectivity index (χ0v) is 13.3. The number of anilines is 2. The third kappa shape index (κ3) is 3.69. The van der Waals surface area contributed by atoms with Crippen molar-refractivity contribution in [3.05, 3.63) is 54.1 Å². The molecule has 0 bridgehead atoms. The van der Waals surface area contributed by atoms with Crippen LogP contribution in [0.15, 0.2) is 48.5 Å². The Hall–Kier alpha value is -2.16. The monoisotopic (exact) mass is 284 g/mol. The molecular formula is C18H24N2O. The smallest absolute Gasteiger partial charge is 0.118 e. The molecule has 3 nitrogen and oxygen atoms in total. The highest BCUT2D eigenvalue weighted by Gasteiger charge is 2.12. The second-order valence-electron chi connectivity index (χ2n) is 5.29. The zero-order chi connectivity index (χ0) is 15.2. The van der Waals surface area contributed by atoms with Crippen LogP contribution in [0.2, 0.25) is 0 Å². The summed E-state index contributed by atoms with van der Waals surface area (Å²) in [7, 11) is 5.82. The number of hydrogen-bond acceptors (Lipinski definition) is 3. The highest BCUT2D eigenvalue weighted by Crippen LogP contribution is 2.30. The van der Waals surface area contributed by atoms with Crippen molar-refractivity contribution in [2.45, 2.75) is 19.4 Å². The van der Waals surface area contributed by atoms with Crippen molar-refractivity contribution in [1.29, 1.82) is 0 Å². The fourth-order valence-corrected chi connectivity index (χ4v) is 2.43. The summed E-state index contributed by atoms with van der Waals surface area (Å²) in [6.45, 7) is 2.19. The molecule has 0 aromatic heterocycles. The van der Waals surface area contributed by atoms with Crippen molar-refractivity contribution in [3.63, 3.8) is 0 Å². The zero-order valence-electron chi connectivity index (χ0n) is 13.3. The van der Waals surface area contributed by atoms with Crippen molar-refractivity contribution in [1.82, 2.24) is 0 Å². The van der Waals surface area contributed by atoms with Gasteiger partial charge in [-0.1, -0.05) is 31.2 Å². The van der Waals surface area contributed by atoms with Gasteiger partial charge in [-0.25, -0.2) is 0 Å². The van der Waals surface area contributed by atoms with Crippen molar-refractivity contribution >= 4 is 11.4 Å². The Labute approximate surface area is 127 Å². The number of para-hydroxylation sites is 2. The van der Waals surface area contributed by atoms with Gasteiger partial charge in [-0.15, -0.1) is 0 Å². The molecule has 2 aromatic carbocycles. The summed E-state index contributed by atoms with van der Waals surface area (Å²) in [5.41, 5.74) is 3.63. The summed E-state index contributed by atoms with van der Waals surface area (Å²) >= 11 is 0. The van der Waals surface area contributed by atoms with Crippen LogP contribution in [0, 0.1) is 0 Å². The van der Waals surface area contributed by atoms with Crippen LogP contribution in [-0.2, 0) is 0 Å². The molecule has 0 aliphatic heterocycles. The molecule has 1 atom stereocenters. The SMILES string of the molecule is CCC(Nc1ccccc1N(C)C)c1ccc(OC)cc1. The second kappa shape index (κ2) is 7.02. The Bertz CT molecular complexity index is 564. The maximum absolute atomic E-state index is 5.22. The first-order chi connectivity index (χ1) is 10.2. The van der Waals surface area contributed by atoms with E-state index in [1.54, 1.807) is 7.11 Å². The first kappa shape index (κ1) is 15.2. The molecule has 2 rings (SSSR count). The third-order valence-electron chi connectivity index (χ3n) is 3.64. The van der Waals surface area contributed by atoms with Crippen molar-refractivity contribution < 1.29 is 4.74 Å². The number of methoxy groups -OCH3 is 1. The topological polar surface area (TPSA) is 24.5 Å². The first-order valence-corrected chi connectivity index (χ1v) is 7.32. The molecule has 0 radical (unpaired) electrons. The van der Waals surface area contributed by atoms with Gasteiger partial charge in [0.15, 0.2) is 0 Å². The van der Waals surface area contributed by atoms with E-state index in [-0.39, 0.29) is 6.04 Å². The normalized spacial score (nSPS) is 11.8. The minimum Gasteiger partial charge on any atom is -0.497 e. The summed E-state index contributed by atoms with van der Waals surface area (Å²) in [6.07, 6.45) is 1.02. The molecule has 0 spiro atoms. The lowest BCUT2D eigenvalue weighted by Crippen LogP contribution is -2.15. The summed E-state index contributed by atoms with van der Waals surface area (Å²) in [4.78, 5) is 2.13. The lowest BCUT2D eigenvalue weighted by atomic mass is 10.0. The molecule has 1 N–H and O–H groups in total. The quantitative estimate of drug-likeness (QED) is 0.854. The van der Waals surface area contributed by atoms with E-state index in [0.717, 1.165) is 17.9 Å². The second-order valence-corrected chi connectivity index (χ2v) is 5.29. The van der Waals surface area contributed by atoms with E-state index in [1.807, 2.05) is 12.1 Å². The molecule has 0 saturated heterocycles. The summed E-state index contributed by atoms with van der Waals surface area (Å²) < 4.78 is 5.22. The number of nitrogens with one attached hydrogen (secondary N) is 1. The molecule has 112 valence electrons. The van der Waals surface area contributed by atoms with Crippen LogP contribution >= 0.6 is 0 Å². The lowest BCUT2D eigenvalue weighted by molar-refractivity contribution is 0.414. The lowest BCUT2D eigenvalue weighted by Gasteiger charge is -2.24.